The van der Waals surface area contributed by atoms with Gasteiger partial charge in [0.05, 0.1) is 9.95 Å². The number of aryl methyl sites for hydroxylation is 2. The highest BCUT2D eigenvalue weighted by molar-refractivity contribution is 7.89. The average Bonchev–Trinajstić information content (AvgIpc) is 2.62. The lowest BCUT2D eigenvalue weighted by atomic mass is 10.1. The number of piperazine rings is 1. The third-order valence-corrected chi connectivity index (χ3v) is 7.06. The highest BCUT2D eigenvalue weighted by atomic mass is 35.5. The molecule has 0 radical (unpaired) electrons. The molecule has 0 aromatic heterocycles. The van der Waals surface area contributed by atoms with E-state index in [0.29, 0.717) is 13.1 Å². The van der Waals surface area contributed by atoms with E-state index >= 15 is 0 Å². The van der Waals surface area contributed by atoms with Crippen molar-refractivity contribution in [1.29, 1.82) is 0 Å². The number of sulfonamides is 1. The molecule has 1 heterocycles. The molecule has 0 spiro atoms. The summed E-state index contributed by atoms with van der Waals surface area (Å²) in [4.78, 5) is 12.3. The van der Waals surface area contributed by atoms with Crippen LogP contribution in [0.4, 0.5) is 11.4 Å². The Morgan fingerprint density at radius 3 is 2.30 bits per heavy atom. The predicted octanol–water partition coefficient (Wildman–Crippen LogP) is 3.38. The van der Waals surface area contributed by atoms with E-state index in [9.17, 15) is 18.5 Å². The first kappa shape index (κ1) is 19.6. The molecule has 9 heteroatoms. The summed E-state index contributed by atoms with van der Waals surface area (Å²) in [5.41, 5.74) is 3.11. The fourth-order valence-corrected chi connectivity index (χ4v) is 5.19. The number of nitrogens with zero attached hydrogens (tertiary/aromatic N) is 3. The first-order valence-electron chi connectivity index (χ1n) is 8.46. The highest BCUT2D eigenvalue weighted by Gasteiger charge is 2.31. The van der Waals surface area contributed by atoms with Gasteiger partial charge in [0.25, 0.3) is 5.69 Å². The molecule has 0 atom stereocenters. The van der Waals surface area contributed by atoms with Crippen LogP contribution >= 0.6 is 11.6 Å². The van der Waals surface area contributed by atoms with Gasteiger partial charge in [-0.15, -0.1) is 0 Å². The van der Waals surface area contributed by atoms with Gasteiger partial charge in [-0.05, 0) is 31.5 Å². The maximum Gasteiger partial charge on any atom is 0.270 e. The number of nitro benzene ring substituents is 1. The van der Waals surface area contributed by atoms with Crippen LogP contribution in [0.25, 0.3) is 0 Å². The van der Waals surface area contributed by atoms with E-state index in [2.05, 4.69) is 11.0 Å². The quantitative estimate of drug-likeness (QED) is 0.571. The molecule has 144 valence electrons. The third-order valence-electron chi connectivity index (χ3n) is 4.68. The van der Waals surface area contributed by atoms with Crippen molar-refractivity contribution < 1.29 is 13.3 Å². The fraction of sp³-hybridized carbons (Fsp3) is 0.333. The zero-order valence-corrected chi connectivity index (χ0v) is 16.6. The number of nitro groups is 1. The van der Waals surface area contributed by atoms with Gasteiger partial charge in [-0.3, -0.25) is 10.1 Å². The van der Waals surface area contributed by atoms with Crippen LogP contribution in [-0.4, -0.2) is 43.8 Å². The Hall–Kier alpha value is -2.16. The Morgan fingerprint density at radius 1 is 1.04 bits per heavy atom. The van der Waals surface area contributed by atoms with E-state index in [1.165, 1.54) is 22.0 Å². The van der Waals surface area contributed by atoms with Gasteiger partial charge in [0, 0.05) is 44.0 Å². The molecule has 2 aromatic carbocycles. The van der Waals surface area contributed by atoms with Crippen LogP contribution in [0.1, 0.15) is 11.1 Å². The summed E-state index contributed by atoms with van der Waals surface area (Å²) in [7, 11) is -3.90. The number of hydrogen-bond donors (Lipinski definition) is 0. The van der Waals surface area contributed by atoms with Crippen molar-refractivity contribution in [2.75, 3.05) is 31.1 Å². The van der Waals surface area contributed by atoms with Gasteiger partial charge < -0.3 is 4.90 Å². The number of anilines is 1. The smallest absolute Gasteiger partial charge is 0.270 e. The van der Waals surface area contributed by atoms with Gasteiger partial charge >= 0.3 is 0 Å². The summed E-state index contributed by atoms with van der Waals surface area (Å²) in [5, 5.41) is 11.0. The molecule has 7 nitrogen and oxygen atoms in total. The minimum absolute atomic E-state index is 0.0163. The van der Waals surface area contributed by atoms with Crippen molar-refractivity contribution in [3.8, 4) is 0 Å². The SMILES string of the molecule is Cc1ccc(N2CCN(S(=O)(=O)c3cc([N+](=O)[O-])ccc3Cl)CC2)c(C)c1. The van der Waals surface area contributed by atoms with Gasteiger partial charge in [0.2, 0.25) is 10.0 Å². The monoisotopic (exact) mass is 409 g/mol. The molecule has 0 saturated carbocycles. The average molecular weight is 410 g/mol. The molecule has 0 N–H and O–H groups in total. The Labute approximate surface area is 163 Å². The van der Waals surface area contributed by atoms with Crippen molar-refractivity contribution >= 4 is 33.0 Å². The maximum absolute atomic E-state index is 12.9. The zero-order chi connectivity index (χ0) is 19.8. The Bertz CT molecular complexity index is 986. The van der Waals surface area contributed by atoms with Crippen molar-refractivity contribution in [3.05, 3.63) is 62.7 Å². The first-order chi connectivity index (χ1) is 12.7. The molecule has 0 amide bonds. The maximum atomic E-state index is 12.9. The van der Waals surface area contributed by atoms with Crippen molar-refractivity contribution in [2.45, 2.75) is 18.7 Å². The van der Waals surface area contributed by atoms with Gasteiger partial charge in [-0.1, -0.05) is 29.3 Å². The number of benzene rings is 2. The standard InChI is InChI=1S/C18H20ClN3O4S/c1-13-3-6-17(14(2)11-13)20-7-9-21(10-8-20)27(25,26)18-12-15(22(23)24)4-5-16(18)19/h3-6,11-12H,7-10H2,1-2H3. The summed E-state index contributed by atoms with van der Waals surface area (Å²) >= 11 is 6.03. The first-order valence-corrected chi connectivity index (χ1v) is 10.3. The molecular weight excluding hydrogens is 390 g/mol. The van der Waals surface area contributed by atoms with Crippen molar-refractivity contribution in [2.24, 2.45) is 0 Å². The van der Waals surface area contributed by atoms with Crippen LogP contribution in [0.2, 0.25) is 5.02 Å². The number of halogens is 1. The lowest BCUT2D eigenvalue weighted by Gasteiger charge is -2.36. The highest BCUT2D eigenvalue weighted by Crippen LogP contribution is 2.30. The zero-order valence-electron chi connectivity index (χ0n) is 15.1. The Kier molecular flexibility index (Phi) is 5.41. The molecule has 1 aliphatic rings. The van der Waals surface area contributed by atoms with Crippen molar-refractivity contribution in [1.82, 2.24) is 4.31 Å². The van der Waals surface area contributed by atoms with Gasteiger partial charge in [-0.2, -0.15) is 4.31 Å². The van der Waals surface area contributed by atoms with Crippen LogP contribution in [0.15, 0.2) is 41.3 Å². The molecule has 1 saturated heterocycles. The molecule has 1 fully saturated rings. The Morgan fingerprint density at radius 2 is 1.70 bits per heavy atom. The van der Waals surface area contributed by atoms with E-state index in [0.717, 1.165) is 17.3 Å². The van der Waals surface area contributed by atoms with E-state index in [-0.39, 0.29) is 28.7 Å². The van der Waals surface area contributed by atoms with Gasteiger partial charge in [0.15, 0.2) is 0 Å². The van der Waals surface area contributed by atoms with E-state index in [1.54, 1.807) is 0 Å². The number of hydrogen-bond acceptors (Lipinski definition) is 5. The molecule has 27 heavy (non-hydrogen) atoms. The number of non-ortho nitro benzene ring substituents is 1. The topological polar surface area (TPSA) is 83.8 Å². The molecule has 2 aromatic rings. The van der Waals surface area contributed by atoms with E-state index in [4.69, 9.17) is 11.6 Å². The minimum Gasteiger partial charge on any atom is -0.369 e. The summed E-state index contributed by atoms with van der Waals surface area (Å²) in [6.45, 7) is 5.72. The molecule has 0 unspecified atom stereocenters. The predicted molar refractivity (Wildman–Crippen MR) is 105 cm³/mol. The van der Waals surface area contributed by atoms with E-state index < -0.39 is 14.9 Å². The number of rotatable bonds is 4. The third kappa shape index (κ3) is 3.92. The van der Waals surface area contributed by atoms with Crippen LogP contribution < -0.4 is 4.90 Å². The Balaban J connectivity index is 1.81. The summed E-state index contributed by atoms with van der Waals surface area (Å²) in [5.74, 6) is 0. The summed E-state index contributed by atoms with van der Waals surface area (Å²) in [6.07, 6.45) is 0. The largest absolute Gasteiger partial charge is 0.369 e. The molecular formula is C18H20ClN3O4S. The summed E-state index contributed by atoms with van der Waals surface area (Å²) in [6, 6.07) is 9.65. The van der Waals surface area contributed by atoms with Crippen LogP contribution in [-0.2, 0) is 10.0 Å². The van der Waals surface area contributed by atoms with Crippen molar-refractivity contribution in [3.63, 3.8) is 0 Å². The lowest BCUT2D eigenvalue weighted by Crippen LogP contribution is -2.48. The second-order valence-electron chi connectivity index (χ2n) is 6.55. The molecule has 0 bridgehead atoms. The van der Waals surface area contributed by atoms with Gasteiger partial charge in [-0.25, -0.2) is 8.42 Å². The fourth-order valence-electron chi connectivity index (χ4n) is 3.27. The van der Waals surface area contributed by atoms with Crippen LogP contribution in [0.3, 0.4) is 0 Å². The second-order valence-corrected chi connectivity index (χ2v) is 8.87. The molecule has 1 aliphatic heterocycles. The normalized spacial score (nSPS) is 15.7. The van der Waals surface area contributed by atoms with Crippen LogP contribution in [0.5, 0.6) is 0 Å². The summed E-state index contributed by atoms with van der Waals surface area (Å²) < 4.78 is 27.2. The van der Waals surface area contributed by atoms with E-state index in [1.807, 2.05) is 26.0 Å². The lowest BCUT2D eigenvalue weighted by molar-refractivity contribution is -0.385. The van der Waals surface area contributed by atoms with Gasteiger partial charge in [0.1, 0.15) is 4.90 Å². The second kappa shape index (κ2) is 7.46. The van der Waals surface area contributed by atoms with Crippen LogP contribution in [0, 0.1) is 24.0 Å². The molecule has 3 rings (SSSR count). The molecule has 0 aliphatic carbocycles. The minimum atomic E-state index is -3.90.